The lowest BCUT2D eigenvalue weighted by molar-refractivity contribution is 0.175. The third kappa shape index (κ3) is 3.09. The summed E-state index contributed by atoms with van der Waals surface area (Å²) >= 11 is 0. The first kappa shape index (κ1) is 9.96. The van der Waals surface area contributed by atoms with Gasteiger partial charge in [-0.25, -0.2) is 0 Å². The van der Waals surface area contributed by atoms with Gasteiger partial charge in [-0.15, -0.1) is 0 Å². The summed E-state index contributed by atoms with van der Waals surface area (Å²) < 4.78 is 0. The van der Waals surface area contributed by atoms with Gasteiger partial charge < -0.3 is 15.1 Å². The first-order chi connectivity index (χ1) is 5.58. The van der Waals surface area contributed by atoms with Crippen LogP contribution in [0.5, 0.6) is 0 Å². The lowest BCUT2D eigenvalue weighted by atomic mass is 10.1. The number of nitrogens with zero attached hydrogens (tertiary/aromatic N) is 2. The zero-order valence-corrected chi connectivity index (χ0v) is 8.67. The van der Waals surface area contributed by atoms with Crippen molar-refractivity contribution < 1.29 is 0 Å². The first-order valence-electron chi connectivity index (χ1n) is 4.67. The van der Waals surface area contributed by atoms with Crippen LogP contribution in [0.3, 0.4) is 0 Å². The van der Waals surface area contributed by atoms with Crippen LogP contribution in [0.4, 0.5) is 0 Å². The van der Waals surface area contributed by atoms with Gasteiger partial charge in [0.1, 0.15) is 0 Å². The molecule has 0 spiro atoms. The van der Waals surface area contributed by atoms with E-state index in [1.165, 1.54) is 13.1 Å². The third-order valence-electron chi connectivity index (χ3n) is 2.22. The maximum atomic E-state index is 3.59. The summed E-state index contributed by atoms with van der Waals surface area (Å²) in [6.07, 6.45) is 0. The number of hydrogen-bond donors (Lipinski definition) is 1. The molecule has 1 aliphatic heterocycles. The van der Waals surface area contributed by atoms with Gasteiger partial charge in [-0.1, -0.05) is 0 Å². The van der Waals surface area contributed by atoms with Crippen LogP contribution >= 0.6 is 0 Å². The van der Waals surface area contributed by atoms with Gasteiger partial charge in [0.15, 0.2) is 0 Å². The maximum Gasteiger partial charge on any atom is 0.0325 e. The van der Waals surface area contributed by atoms with Gasteiger partial charge in [0.2, 0.25) is 0 Å². The zero-order valence-electron chi connectivity index (χ0n) is 8.67. The summed E-state index contributed by atoms with van der Waals surface area (Å²) in [6, 6.07) is 1.27. The summed E-state index contributed by atoms with van der Waals surface area (Å²) in [5, 5.41) is 3.59. The quantitative estimate of drug-likeness (QED) is 0.623. The maximum absolute atomic E-state index is 3.59. The van der Waals surface area contributed by atoms with Crippen molar-refractivity contribution in [1.29, 1.82) is 0 Å². The lowest BCUT2D eigenvalue weighted by Crippen LogP contribution is -2.57. The van der Waals surface area contributed by atoms with Gasteiger partial charge >= 0.3 is 0 Å². The number of likely N-dealkylation sites (N-methyl/N-ethyl adjacent to an activating group) is 2. The van der Waals surface area contributed by atoms with Gasteiger partial charge in [-0.05, 0) is 28.1 Å². The normalized spacial score (nSPS) is 32.8. The Morgan fingerprint density at radius 1 is 1.42 bits per heavy atom. The average molecular weight is 171 g/mol. The van der Waals surface area contributed by atoms with Crippen molar-refractivity contribution in [3.63, 3.8) is 0 Å². The fraction of sp³-hybridized carbons (Fsp3) is 1.00. The highest BCUT2D eigenvalue weighted by Gasteiger charge is 2.21. The Bertz CT molecular complexity index is 123. The molecule has 1 saturated heterocycles. The van der Waals surface area contributed by atoms with E-state index >= 15 is 0 Å². The summed E-state index contributed by atoms with van der Waals surface area (Å²) in [5.41, 5.74) is 0. The highest BCUT2D eigenvalue weighted by atomic mass is 15.2. The van der Waals surface area contributed by atoms with Crippen molar-refractivity contribution in [2.75, 3.05) is 40.8 Å². The summed E-state index contributed by atoms with van der Waals surface area (Å²) in [4.78, 5) is 4.64. The molecular weight excluding hydrogens is 150 g/mol. The molecule has 12 heavy (non-hydrogen) atoms. The molecular formula is C9H21N3. The second kappa shape index (κ2) is 4.21. The van der Waals surface area contributed by atoms with Crippen LogP contribution in [0, 0.1) is 0 Å². The Hall–Kier alpha value is -0.120. The van der Waals surface area contributed by atoms with Crippen LogP contribution < -0.4 is 5.32 Å². The molecule has 3 heteroatoms. The molecule has 1 heterocycles. The Kier molecular flexibility index (Phi) is 3.50. The van der Waals surface area contributed by atoms with E-state index in [0.717, 1.165) is 6.54 Å². The molecule has 0 aromatic rings. The Morgan fingerprint density at radius 2 is 2.08 bits per heavy atom. The molecule has 72 valence electrons. The molecule has 1 fully saturated rings. The molecule has 0 radical (unpaired) electrons. The Morgan fingerprint density at radius 3 is 2.58 bits per heavy atom. The van der Waals surface area contributed by atoms with Crippen molar-refractivity contribution in [1.82, 2.24) is 15.1 Å². The van der Waals surface area contributed by atoms with Crippen LogP contribution in [0.2, 0.25) is 0 Å². The molecule has 1 rings (SSSR count). The molecule has 1 aliphatic rings. The van der Waals surface area contributed by atoms with E-state index in [0.29, 0.717) is 12.1 Å². The predicted octanol–water partition coefficient (Wildman–Crippen LogP) is -0.160. The minimum absolute atomic E-state index is 0.633. The van der Waals surface area contributed by atoms with Crippen molar-refractivity contribution >= 4 is 0 Å². The molecule has 0 saturated carbocycles. The molecule has 0 amide bonds. The number of nitrogens with one attached hydrogen (secondary N) is 1. The van der Waals surface area contributed by atoms with Crippen molar-refractivity contribution in [2.24, 2.45) is 0 Å². The van der Waals surface area contributed by atoms with Crippen LogP contribution in [-0.2, 0) is 0 Å². The highest BCUT2D eigenvalue weighted by Crippen LogP contribution is 2.01. The third-order valence-corrected chi connectivity index (χ3v) is 2.22. The van der Waals surface area contributed by atoms with Crippen molar-refractivity contribution in [3.05, 3.63) is 0 Å². The van der Waals surface area contributed by atoms with Gasteiger partial charge in [-0.2, -0.15) is 0 Å². The number of piperazine rings is 1. The fourth-order valence-corrected chi connectivity index (χ4v) is 1.98. The lowest BCUT2D eigenvalue weighted by Gasteiger charge is -2.36. The van der Waals surface area contributed by atoms with Gasteiger partial charge in [0.05, 0.1) is 0 Å². The molecule has 3 nitrogen and oxygen atoms in total. The van der Waals surface area contributed by atoms with E-state index < -0.39 is 0 Å². The van der Waals surface area contributed by atoms with Gasteiger partial charge in [0, 0.05) is 31.7 Å². The SMILES string of the molecule is CC1CN(C)CC(CN(C)C)N1. The fourth-order valence-electron chi connectivity index (χ4n) is 1.98. The highest BCUT2D eigenvalue weighted by molar-refractivity contribution is 4.83. The Balaban J connectivity index is 2.34. The molecule has 0 aliphatic carbocycles. The van der Waals surface area contributed by atoms with E-state index in [9.17, 15) is 0 Å². The van der Waals surface area contributed by atoms with Crippen LogP contribution in [0.15, 0.2) is 0 Å². The molecule has 1 N–H and O–H groups in total. The summed E-state index contributed by atoms with van der Waals surface area (Å²) in [5.74, 6) is 0. The minimum Gasteiger partial charge on any atom is -0.308 e. The molecule has 0 aromatic carbocycles. The largest absolute Gasteiger partial charge is 0.308 e. The van der Waals surface area contributed by atoms with Crippen molar-refractivity contribution in [2.45, 2.75) is 19.0 Å². The Labute approximate surface area is 75.7 Å². The average Bonchev–Trinajstić information content (AvgIpc) is 1.81. The molecule has 0 bridgehead atoms. The smallest absolute Gasteiger partial charge is 0.0325 e. The van der Waals surface area contributed by atoms with E-state index in [1.807, 2.05) is 0 Å². The van der Waals surface area contributed by atoms with E-state index in [1.54, 1.807) is 0 Å². The second-order valence-corrected chi connectivity index (χ2v) is 4.25. The van der Waals surface area contributed by atoms with E-state index in [4.69, 9.17) is 0 Å². The van der Waals surface area contributed by atoms with Gasteiger partial charge in [-0.3, -0.25) is 0 Å². The predicted molar refractivity (Wildman–Crippen MR) is 52.4 cm³/mol. The number of hydrogen-bond acceptors (Lipinski definition) is 3. The summed E-state index contributed by atoms with van der Waals surface area (Å²) in [6.45, 7) is 5.72. The van der Waals surface area contributed by atoms with Crippen LogP contribution in [0.25, 0.3) is 0 Å². The van der Waals surface area contributed by atoms with E-state index in [-0.39, 0.29) is 0 Å². The van der Waals surface area contributed by atoms with E-state index in [2.05, 4.69) is 43.2 Å². The second-order valence-electron chi connectivity index (χ2n) is 4.25. The minimum atomic E-state index is 0.633. The van der Waals surface area contributed by atoms with Gasteiger partial charge in [0.25, 0.3) is 0 Å². The molecule has 2 atom stereocenters. The molecule has 0 aromatic heterocycles. The standard InChI is InChI=1S/C9H21N3/c1-8-5-12(4)7-9(10-8)6-11(2)3/h8-10H,5-7H2,1-4H3. The topological polar surface area (TPSA) is 18.5 Å². The van der Waals surface area contributed by atoms with Crippen molar-refractivity contribution in [3.8, 4) is 0 Å². The zero-order chi connectivity index (χ0) is 9.14. The number of rotatable bonds is 2. The first-order valence-corrected chi connectivity index (χ1v) is 4.67. The van der Waals surface area contributed by atoms with Crippen LogP contribution in [0.1, 0.15) is 6.92 Å². The molecule has 2 unspecified atom stereocenters. The monoisotopic (exact) mass is 171 g/mol. The summed E-state index contributed by atoms with van der Waals surface area (Å²) in [7, 11) is 6.45. The van der Waals surface area contributed by atoms with Crippen LogP contribution in [-0.4, -0.2) is 62.7 Å².